The number of aromatic hydroxyl groups is 2. The van der Waals surface area contributed by atoms with Crippen molar-refractivity contribution in [2.45, 2.75) is 38.0 Å². The van der Waals surface area contributed by atoms with Gasteiger partial charge in [0, 0.05) is 36.6 Å². The quantitative estimate of drug-likeness (QED) is 0.502. The van der Waals surface area contributed by atoms with E-state index in [0.29, 0.717) is 6.54 Å². The van der Waals surface area contributed by atoms with Crippen LogP contribution in [0.2, 0.25) is 0 Å². The molecule has 2 aromatic carbocycles. The Labute approximate surface area is 166 Å². The summed E-state index contributed by atoms with van der Waals surface area (Å²) in [7, 11) is 0. The Morgan fingerprint density at radius 1 is 1.10 bits per heavy atom. The Bertz CT molecular complexity index is 1050. The average molecular weight is 395 g/mol. The molecule has 0 bridgehead atoms. The maximum atomic E-state index is 13.0. The van der Waals surface area contributed by atoms with Gasteiger partial charge in [0.1, 0.15) is 11.5 Å². The smallest absolute Gasteiger partial charge is 0.213 e. The molecule has 0 saturated heterocycles. The lowest BCUT2D eigenvalue weighted by Crippen LogP contribution is -2.36. The minimum Gasteiger partial charge on any atom is -0.507 e. The molecule has 0 radical (unpaired) electrons. The Morgan fingerprint density at radius 2 is 1.79 bits per heavy atom. The summed E-state index contributed by atoms with van der Waals surface area (Å²) < 4.78 is 0. The van der Waals surface area contributed by atoms with Crippen LogP contribution in [0.5, 0.6) is 11.5 Å². The Hall–Kier alpha value is -3.16. The molecule has 5 N–H and O–H groups in total. The highest BCUT2D eigenvalue weighted by molar-refractivity contribution is 6.26. The predicted molar refractivity (Wildman–Crippen MR) is 104 cm³/mol. The predicted octanol–water partition coefficient (Wildman–Crippen LogP) is 1.88. The number of fused-ring (bicyclic) bond motifs is 2. The topological polar surface area (TPSA) is 127 Å². The zero-order valence-electron chi connectivity index (χ0n) is 15.8. The molecule has 0 aromatic heterocycles. The molecule has 4 rings (SSSR count). The van der Waals surface area contributed by atoms with E-state index in [1.54, 1.807) is 0 Å². The Morgan fingerprint density at radius 3 is 2.48 bits per heavy atom. The number of phenols is 2. The molecule has 2 aliphatic carbocycles. The van der Waals surface area contributed by atoms with Crippen molar-refractivity contribution in [2.24, 2.45) is 0 Å². The molecule has 0 unspecified atom stereocenters. The number of aliphatic hydroxyl groups excluding tert-OH is 1. The highest BCUT2D eigenvalue weighted by atomic mass is 16.3. The number of aliphatic hydroxyl groups is 2. The van der Waals surface area contributed by atoms with E-state index in [4.69, 9.17) is 0 Å². The average Bonchev–Trinajstić information content (AvgIpc) is 2.66. The maximum Gasteiger partial charge on any atom is 0.213 e. The molecular formula is C22H21NO6. The lowest BCUT2D eigenvalue weighted by atomic mass is 9.75. The summed E-state index contributed by atoms with van der Waals surface area (Å²) in [4.78, 5) is 25.7. The first-order chi connectivity index (χ1) is 13.7. The molecular weight excluding hydrogens is 374 g/mol. The molecule has 7 nitrogen and oxygen atoms in total. The van der Waals surface area contributed by atoms with Crippen molar-refractivity contribution >= 4 is 11.6 Å². The van der Waals surface area contributed by atoms with E-state index in [2.05, 4.69) is 5.32 Å². The van der Waals surface area contributed by atoms with Gasteiger partial charge in [-0.15, -0.1) is 0 Å². The Kier molecular flexibility index (Phi) is 4.44. The summed E-state index contributed by atoms with van der Waals surface area (Å²) in [6.07, 6.45) is -0.309. The number of allylic oxidation sites excluding steroid dienone is 2. The SMILES string of the molecule is C[C@]1(O)Cc2c(O)c3c(c(O)c2[C@@H](O)C1)C(=O)C=C(NCc1ccccc1)C3=O. The maximum absolute atomic E-state index is 13.0. The van der Waals surface area contributed by atoms with Gasteiger partial charge in [-0.25, -0.2) is 0 Å². The van der Waals surface area contributed by atoms with Gasteiger partial charge in [-0.2, -0.15) is 0 Å². The summed E-state index contributed by atoms with van der Waals surface area (Å²) in [6.45, 7) is 1.79. The standard InChI is InChI=1S/C22H21NO6/c1-22(29)8-12-16(15(25)9-22)21(28)17-14(24)7-13(20(27)18(17)19(12)26)23-10-11-5-3-2-4-6-11/h2-7,15,23,25-26,28-29H,8-10H2,1H3/t15-,22-/m0/s1. The fraction of sp³-hybridized carbons (Fsp3) is 0.273. The number of carbonyl (C=O) groups is 2. The van der Waals surface area contributed by atoms with Crippen LogP contribution in [0, 0.1) is 0 Å². The second-order valence-electron chi connectivity index (χ2n) is 7.82. The van der Waals surface area contributed by atoms with E-state index in [9.17, 15) is 30.0 Å². The third kappa shape index (κ3) is 3.18. The molecule has 7 heteroatoms. The van der Waals surface area contributed by atoms with Crippen LogP contribution in [0.25, 0.3) is 0 Å². The van der Waals surface area contributed by atoms with E-state index >= 15 is 0 Å². The lowest BCUT2D eigenvalue weighted by Gasteiger charge is -2.35. The van der Waals surface area contributed by atoms with E-state index < -0.39 is 34.8 Å². The minimum absolute atomic E-state index is 0.00382. The first-order valence-corrected chi connectivity index (χ1v) is 9.29. The van der Waals surface area contributed by atoms with Crippen molar-refractivity contribution in [3.63, 3.8) is 0 Å². The van der Waals surface area contributed by atoms with Crippen LogP contribution in [0.3, 0.4) is 0 Å². The molecule has 2 aliphatic rings. The molecule has 150 valence electrons. The van der Waals surface area contributed by atoms with Gasteiger partial charge >= 0.3 is 0 Å². The molecule has 0 heterocycles. The van der Waals surface area contributed by atoms with Gasteiger partial charge < -0.3 is 25.7 Å². The van der Waals surface area contributed by atoms with Crippen LogP contribution in [0.4, 0.5) is 0 Å². The largest absolute Gasteiger partial charge is 0.507 e. The van der Waals surface area contributed by atoms with Crippen molar-refractivity contribution in [2.75, 3.05) is 0 Å². The monoisotopic (exact) mass is 395 g/mol. The van der Waals surface area contributed by atoms with Gasteiger partial charge in [0.2, 0.25) is 5.78 Å². The van der Waals surface area contributed by atoms with E-state index in [-0.39, 0.29) is 40.8 Å². The van der Waals surface area contributed by atoms with E-state index in [1.165, 1.54) is 6.92 Å². The second-order valence-corrected chi connectivity index (χ2v) is 7.82. The van der Waals surface area contributed by atoms with E-state index in [1.807, 2.05) is 30.3 Å². The van der Waals surface area contributed by atoms with E-state index in [0.717, 1.165) is 11.6 Å². The number of nitrogens with one attached hydrogen (secondary N) is 1. The second kappa shape index (κ2) is 6.72. The number of Topliss-reactive ketones (excluding diaryl/α,β-unsaturated/α-hetero) is 1. The normalized spacial score (nSPS) is 23.3. The summed E-state index contributed by atoms with van der Waals surface area (Å²) in [5.74, 6) is -2.29. The highest BCUT2D eigenvalue weighted by Gasteiger charge is 2.42. The van der Waals surface area contributed by atoms with Crippen molar-refractivity contribution in [3.8, 4) is 11.5 Å². The van der Waals surface area contributed by atoms with Gasteiger partial charge in [-0.1, -0.05) is 30.3 Å². The number of carbonyl (C=O) groups excluding carboxylic acids is 2. The van der Waals surface area contributed by atoms with Crippen LogP contribution < -0.4 is 5.32 Å². The highest BCUT2D eigenvalue weighted by Crippen LogP contribution is 2.49. The van der Waals surface area contributed by atoms with Crippen molar-refractivity contribution < 1.29 is 30.0 Å². The molecule has 0 saturated carbocycles. The summed E-state index contributed by atoms with van der Waals surface area (Å²) in [5, 5.41) is 45.1. The summed E-state index contributed by atoms with van der Waals surface area (Å²) >= 11 is 0. The zero-order valence-corrected chi connectivity index (χ0v) is 15.8. The molecule has 0 aliphatic heterocycles. The molecule has 2 atom stereocenters. The van der Waals surface area contributed by atoms with Crippen molar-refractivity contribution in [3.05, 3.63) is 69.9 Å². The number of hydrogen-bond donors (Lipinski definition) is 5. The lowest BCUT2D eigenvalue weighted by molar-refractivity contribution is -0.00904. The minimum atomic E-state index is -1.32. The number of benzene rings is 2. The van der Waals surface area contributed by atoms with Crippen LogP contribution >= 0.6 is 0 Å². The number of phenolic OH excluding ortho intramolecular Hbond substituents is 2. The molecule has 29 heavy (non-hydrogen) atoms. The zero-order chi connectivity index (χ0) is 20.9. The number of rotatable bonds is 3. The third-order valence-corrected chi connectivity index (χ3v) is 5.43. The Balaban J connectivity index is 1.77. The van der Waals surface area contributed by atoms with Gasteiger partial charge in [-0.3, -0.25) is 9.59 Å². The first kappa shape index (κ1) is 19.2. The van der Waals surface area contributed by atoms with Crippen LogP contribution in [-0.4, -0.2) is 37.6 Å². The molecule has 0 spiro atoms. The van der Waals surface area contributed by atoms with Crippen molar-refractivity contribution in [1.29, 1.82) is 0 Å². The van der Waals surface area contributed by atoms with Crippen LogP contribution in [0.1, 0.15) is 56.9 Å². The van der Waals surface area contributed by atoms with Crippen LogP contribution in [-0.2, 0) is 13.0 Å². The fourth-order valence-electron chi connectivity index (χ4n) is 4.09. The van der Waals surface area contributed by atoms with Gasteiger partial charge in [0.15, 0.2) is 5.78 Å². The summed E-state index contributed by atoms with van der Waals surface area (Å²) in [6, 6.07) is 9.28. The molecule has 2 aromatic rings. The van der Waals surface area contributed by atoms with Gasteiger partial charge in [0.25, 0.3) is 0 Å². The van der Waals surface area contributed by atoms with Crippen molar-refractivity contribution in [1.82, 2.24) is 5.32 Å². The van der Waals surface area contributed by atoms with Crippen LogP contribution in [0.15, 0.2) is 42.1 Å². The number of hydrogen-bond acceptors (Lipinski definition) is 7. The first-order valence-electron chi connectivity index (χ1n) is 9.29. The summed E-state index contributed by atoms with van der Waals surface area (Å²) in [5.41, 5.74) is -0.985. The van der Waals surface area contributed by atoms with Gasteiger partial charge in [0.05, 0.1) is 28.5 Å². The number of ketones is 2. The fourth-order valence-corrected chi connectivity index (χ4v) is 4.09. The molecule has 0 amide bonds. The molecule has 0 fully saturated rings. The van der Waals surface area contributed by atoms with Gasteiger partial charge in [-0.05, 0) is 12.5 Å². The third-order valence-electron chi connectivity index (χ3n) is 5.43.